The summed E-state index contributed by atoms with van der Waals surface area (Å²) in [6.07, 6.45) is 1.48. The number of β-amino-alcohol motifs (C(OH)–C–C–N with tert-alkyl or cyclic N) is 1. The van der Waals surface area contributed by atoms with E-state index in [1.807, 2.05) is 6.92 Å². The van der Waals surface area contributed by atoms with E-state index in [0.717, 1.165) is 43.0 Å². The Morgan fingerprint density at radius 2 is 1.77 bits per heavy atom. The summed E-state index contributed by atoms with van der Waals surface area (Å²) in [5.74, 6) is 0.850. The molecule has 2 aromatic rings. The molecule has 1 aromatic heterocycles. The fraction of sp³-hybridized carbons (Fsp3) is 0.467. The van der Waals surface area contributed by atoms with Gasteiger partial charge in [0.1, 0.15) is 5.82 Å². The molecule has 1 N–H and O–H groups in total. The number of anilines is 1. The first kappa shape index (κ1) is 15.7. The number of halogens is 2. The number of rotatable bonds is 3. The molecule has 1 fully saturated rings. The minimum absolute atomic E-state index is 0.293. The van der Waals surface area contributed by atoms with Crippen molar-refractivity contribution in [3.63, 3.8) is 0 Å². The third-order valence-corrected chi connectivity index (χ3v) is 4.51. The standard InChI is InChI=1S/C15H18Cl2N4O/c1-10(22)9-20-2-4-21(5-3-20)15-8-18-13-6-11(16)12(17)7-14(13)19-15/h6-8,10,22H,2-5,9H2,1H3/t10-/m1/s1. The lowest BCUT2D eigenvalue weighted by Gasteiger charge is -2.35. The monoisotopic (exact) mass is 340 g/mol. The predicted octanol–water partition coefficient (Wildman–Crippen LogP) is 2.44. The molecule has 0 spiro atoms. The molecule has 1 aliphatic rings. The number of aliphatic hydroxyl groups excluding tert-OH is 1. The highest BCUT2D eigenvalue weighted by atomic mass is 35.5. The number of nitrogens with zero attached hydrogens (tertiary/aromatic N) is 4. The summed E-state index contributed by atoms with van der Waals surface area (Å²) in [5, 5.41) is 10.4. The molecule has 2 heterocycles. The van der Waals surface area contributed by atoms with Crippen LogP contribution in [-0.4, -0.2) is 58.8 Å². The van der Waals surface area contributed by atoms with Gasteiger partial charge in [0.05, 0.1) is 33.4 Å². The van der Waals surface area contributed by atoms with E-state index in [-0.39, 0.29) is 6.10 Å². The van der Waals surface area contributed by atoms with Crippen molar-refractivity contribution >= 4 is 40.1 Å². The van der Waals surface area contributed by atoms with Gasteiger partial charge in [-0.25, -0.2) is 4.98 Å². The Bertz CT molecular complexity index is 672. The number of piperazine rings is 1. The second-order valence-electron chi connectivity index (χ2n) is 5.62. The zero-order valence-corrected chi connectivity index (χ0v) is 13.8. The van der Waals surface area contributed by atoms with Crippen LogP contribution in [0.4, 0.5) is 5.82 Å². The third-order valence-electron chi connectivity index (χ3n) is 3.79. The number of hydrogen-bond donors (Lipinski definition) is 1. The van der Waals surface area contributed by atoms with Crippen LogP contribution in [0.5, 0.6) is 0 Å². The number of fused-ring (bicyclic) bond motifs is 1. The molecule has 5 nitrogen and oxygen atoms in total. The highest BCUT2D eigenvalue weighted by molar-refractivity contribution is 6.42. The molecular weight excluding hydrogens is 323 g/mol. The Labute approximate surface area is 139 Å². The zero-order chi connectivity index (χ0) is 15.7. The van der Waals surface area contributed by atoms with Crippen molar-refractivity contribution in [2.45, 2.75) is 13.0 Å². The fourth-order valence-corrected chi connectivity index (χ4v) is 3.00. The molecule has 7 heteroatoms. The van der Waals surface area contributed by atoms with Crippen LogP contribution in [0.1, 0.15) is 6.92 Å². The minimum Gasteiger partial charge on any atom is -0.392 e. The summed E-state index contributed by atoms with van der Waals surface area (Å²) in [6, 6.07) is 3.48. The Balaban J connectivity index is 1.76. The summed E-state index contributed by atoms with van der Waals surface area (Å²) in [4.78, 5) is 13.5. The maximum absolute atomic E-state index is 9.45. The van der Waals surface area contributed by atoms with Crippen molar-refractivity contribution < 1.29 is 5.11 Å². The molecule has 1 saturated heterocycles. The van der Waals surface area contributed by atoms with Gasteiger partial charge in [-0.15, -0.1) is 0 Å². The quantitative estimate of drug-likeness (QED) is 0.929. The van der Waals surface area contributed by atoms with E-state index < -0.39 is 0 Å². The highest BCUT2D eigenvalue weighted by Crippen LogP contribution is 2.27. The second kappa shape index (κ2) is 6.54. The molecule has 0 radical (unpaired) electrons. The molecule has 22 heavy (non-hydrogen) atoms. The molecule has 0 bridgehead atoms. The number of hydrogen-bond acceptors (Lipinski definition) is 5. The largest absolute Gasteiger partial charge is 0.392 e. The lowest BCUT2D eigenvalue weighted by Crippen LogP contribution is -2.48. The molecule has 1 aliphatic heterocycles. The van der Waals surface area contributed by atoms with Crippen molar-refractivity contribution in [2.24, 2.45) is 0 Å². The van der Waals surface area contributed by atoms with Crippen molar-refractivity contribution in [3.8, 4) is 0 Å². The van der Waals surface area contributed by atoms with Gasteiger partial charge in [0, 0.05) is 32.7 Å². The van der Waals surface area contributed by atoms with Gasteiger partial charge < -0.3 is 10.0 Å². The number of aromatic nitrogens is 2. The van der Waals surface area contributed by atoms with Gasteiger partial charge in [-0.2, -0.15) is 0 Å². The lowest BCUT2D eigenvalue weighted by molar-refractivity contribution is 0.122. The Hall–Kier alpha value is -1.14. The first-order valence-electron chi connectivity index (χ1n) is 7.30. The van der Waals surface area contributed by atoms with Crippen LogP contribution >= 0.6 is 23.2 Å². The van der Waals surface area contributed by atoms with Gasteiger partial charge in [-0.3, -0.25) is 9.88 Å². The Morgan fingerprint density at radius 1 is 1.14 bits per heavy atom. The summed E-state index contributed by atoms with van der Waals surface area (Å²) in [5.41, 5.74) is 1.49. The summed E-state index contributed by atoms with van der Waals surface area (Å²) in [6.45, 7) is 6.09. The van der Waals surface area contributed by atoms with Crippen LogP contribution in [0.3, 0.4) is 0 Å². The summed E-state index contributed by atoms with van der Waals surface area (Å²) in [7, 11) is 0. The lowest BCUT2D eigenvalue weighted by atomic mass is 10.2. The highest BCUT2D eigenvalue weighted by Gasteiger charge is 2.19. The maximum Gasteiger partial charge on any atom is 0.147 e. The van der Waals surface area contributed by atoms with Crippen LogP contribution in [-0.2, 0) is 0 Å². The van der Waals surface area contributed by atoms with Gasteiger partial charge in [0.15, 0.2) is 0 Å². The van der Waals surface area contributed by atoms with Crippen molar-refractivity contribution in [3.05, 3.63) is 28.4 Å². The number of aliphatic hydroxyl groups is 1. The summed E-state index contributed by atoms with van der Waals surface area (Å²) >= 11 is 12.0. The molecule has 0 amide bonds. The first-order chi connectivity index (χ1) is 10.5. The molecule has 1 atom stereocenters. The van der Waals surface area contributed by atoms with E-state index in [1.165, 1.54) is 0 Å². The van der Waals surface area contributed by atoms with E-state index in [1.54, 1.807) is 18.3 Å². The SMILES string of the molecule is C[C@@H](O)CN1CCN(c2cnc3cc(Cl)c(Cl)cc3n2)CC1. The molecule has 1 aromatic carbocycles. The maximum atomic E-state index is 9.45. The van der Waals surface area contributed by atoms with Crippen molar-refractivity contribution in [1.82, 2.24) is 14.9 Å². The average molecular weight is 341 g/mol. The van der Waals surface area contributed by atoms with Gasteiger partial charge in [0.2, 0.25) is 0 Å². The molecule has 3 rings (SSSR count). The topological polar surface area (TPSA) is 52.5 Å². The smallest absolute Gasteiger partial charge is 0.147 e. The third kappa shape index (κ3) is 3.43. The molecule has 118 valence electrons. The van der Waals surface area contributed by atoms with E-state index in [2.05, 4.69) is 19.8 Å². The van der Waals surface area contributed by atoms with Crippen molar-refractivity contribution in [1.29, 1.82) is 0 Å². The van der Waals surface area contributed by atoms with Crippen LogP contribution < -0.4 is 4.90 Å². The summed E-state index contributed by atoms with van der Waals surface area (Å²) < 4.78 is 0. The van der Waals surface area contributed by atoms with E-state index >= 15 is 0 Å². The molecular formula is C15H18Cl2N4O. The van der Waals surface area contributed by atoms with E-state index in [9.17, 15) is 5.11 Å². The van der Waals surface area contributed by atoms with Crippen molar-refractivity contribution in [2.75, 3.05) is 37.6 Å². The Kier molecular flexibility index (Phi) is 4.68. The number of benzene rings is 1. The fourth-order valence-electron chi connectivity index (χ4n) is 2.68. The van der Waals surface area contributed by atoms with E-state index in [4.69, 9.17) is 23.2 Å². The predicted molar refractivity (Wildman–Crippen MR) is 89.9 cm³/mol. The van der Waals surface area contributed by atoms with Gasteiger partial charge in [-0.1, -0.05) is 23.2 Å². The zero-order valence-electron chi connectivity index (χ0n) is 12.3. The molecule has 0 unspecified atom stereocenters. The van der Waals surface area contributed by atoms with E-state index in [0.29, 0.717) is 16.6 Å². The second-order valence-corrected chi connectivity index (χ2v) is 6.43. The normalized spacial score (nSPS) is 17.9. The van der Waals surface area contributed by atoms with Gasteiger partial charge in [-0.05, 0) is 19.1 Å². The van der Waals surface area contributed by atoms with Gasteiger partial charge >= 0.3 is 0 Å². The minimum atomic E-state index is -0.293. The van der Waals surface area contributed by atoms with Gasteiger partial charge in [0.25, 0.3) is 0 Å². The van der Waals surface area contributed by atoms with Crippen LogP contribution in [0, 0.1) is 0 Å². The average Bonchev–Trinajstić information content (AvgIpc) is 2.48. The van der Waals surface area contributed by atoms with Crippen LogP contribution in [0.2, 0.25) is 10.0 Å². The molecule has 0 aliphatic carbocycles. The van der Waals surface area contributed by atoms with Crippen LogP contribution in [0.25, 0.3) is 11.0 Å². The first-order valence-corrected chi connectivity index (χ1v) is 8.05. The molecule has 0 saturated carbocycles. The van der Waals surface area contributed by atoms with Crippen LogP contribution in [0.15, 0.2) is 18.3 Å². The Morgan fingerprint density at radius 3 is 2.41 bits per heavy atom.